The number of ketones is 1. The quantitative estimate of drug-likeness (QED) is 0.425. The average Bonchev–Trinajstić information content (AvgIpc) is 3.50. The van der Waals surface area contributed by atoms with Crippen LogP contribution < -0.4 is 10.6 Å². The van der Waals surface area contributed by atoms with Gasteiger partial charge in [-0.1, -0.05) is 48.5 Å². The summed E-state index contributed by atoms with van der Waals surface area (Å²) in [5, 5.41) is 27.3. The molecule has 2 aromatic carbocycles. The lowest BCUT2D eigenvalue weighted by Gasteiger charge is -2.52. The second-order valence-electron chi connectivity index (χ2n) is 11.2. The number of fused-ring (bicyclic) bond motifs is 6. The third kappa shape index (κ3) is 4.06. The van der Waals surface area contributed by atoms with Gasteiger partial charge in [0.2, 0.25) is 11.8 Å². The smallest absolute Gasteiger partial charge is 0.264 e. The Kier molecular flexibility index (Phi) is 6.51. The molecule has 7 rings (SSSR count). The van der Waals surface area contributed by atoms with E-state index in [9.17, 15) is 29.4 Å². The van der Waals surface area contributed by atoms with Gasteiger partial charge in [-0.15, -0.1) is 0 Å². The van der Waals surface area contributed by atoms with Gasteiger partial charge in [0.1, 0.15) is 12.6 Å². The number of aliphatic hydroxyl groups is 2. The Morgan fingerprint density at radius 1 is 0.974 bits per heavy atom. The van der Waals surface area contributed by atoms with Crippen molar-refractivity contribution in [2.75, 3.05) is 13.2 Å². The summed E-state index contributed by atoms with van der Waals surface area (Å²) in [4.78, 5) is 54.7. The lowest BCUT2D eigenvalue weighted by molar-refractivity contribution is -0.166. The molecule has 0 radical (unpaired) electrons. The number of hydrogen-bond donors (Lipinski definition) is 4. The molecule has 0 aromatic heterocycles. The van der Waals surface area contributed by atoms with E-state index in [1.165, 1.54) is 0 Å². The SMILES string of the molecule is O=C(CO)C(C[C@@H]1CCNC1=O)NC(=O)[C@@H]1C2CCC(CC2)N1C(=O)C1(O)c2ccccc2-c2ccccc21. The fourth-order valence-electron chi connectivity index (χ4n) is 7.20. The first-order valence-corrected chi connectivity index (χ1v) is 13.8. The van der Waals surface area contributed by atoms with Crippen molar-refractivity contribution in [1.82, 2.24) is 15.5 Å². The van der Waals surface area contributed by atoms with Crippen molar-refractivity contribution < 1.29 is 29.4 Å². The first-order valence-electron chi connectivity index (χ1n) is 13.8. The Labute approximate surface area is 226 Å². The van der Waals surface area contributed by atoms with Crippen LogP contribution in [0.1, 0.15) is 49.7 Å². The van der Waals surface area contributed by atoms with Gasteiger partial charge in [-0.05, 0) is 55.6 Å². The highest BCUT2D eigenvalue weighted by Crippen LogP contribution is 2.50. The summed E-state index contributed by atoms with van der Waals surface area (Å²) in [6, 6.07) is 12.5. The molecule has 3 aliphatic heterocycles. The molecule has 4 N–H and O–H groups in total. The molecule has 3 amide bonds. The Morgan fingerprint density at radius 2 is 1.59 bits per heavy atom. The monoisotopic (exact) mass is 531 g/mol. The number of carbonyl (C=O) groups excluding carboxylic acids is 4. The van der Waals surface area contributed by atoms with E-state index >= 15 is 0 Å². The number of aliphatic hydroxyl groups excluding tert-OH is 1. The van der Waals surface area contributed by atoms with E-state index in [0.717, 1.165) is 36.8 Å². The summed E-state index contributed by atoms with van der Waals surface area (Å²) in [5.74, 6) is -2.30. The van der Waals surface area contributed by atoms with Crippen molar-refractivity contribution in [3.63, 3.8) is 0 Å². The largest absolute Gasteiger partial charge is 0.389 e. The Bertz CT molecular complexity index is 1290. The van der Waals surface area contributed by atoms with E-state index in [-0.39, 0.29) is 24.3 Å². The molecule has 2 bridgehead atoms. The normalized spacial score (nSPS) is 26.9. The van der Waals surface area contributed by atoms with Gasteiger partial charge in [-0.25, -0.2) is 0 Å². The molecule has 9 nitrogen and oxygen atoms in total. The van der Waals surface area contributed by atoms with Crippen molar-refractivity contribution in [3.8, 4) is 11.1 Å². The molecule has 2 aromatic rings. The highest BCUT2D eigenvalue weighted by Gasteiger charge is 2.56. The first-order chi connectivity index (χ1) is 18.8. The number of rotatable bonds is 7. The van der Waals surface area contributed by atoms with Gasteiger partial charge < -0.3 is 25.7 Å². The van der Waals surface area contributed by atoms with Gasteiger partial charge in [-0.3, -0.25) is 19.2 Å². The third-order valence-electron chi connectivity index (χ3n) is 9.16. The maximum Gasteiger partial charge on any atom is 0.264 e. The molecule has 3 heterocycles. The predicted molar refractivity (Wildman–Crippen MR) is 141 cm³/mol. The molecule has 3 atom stereocenters. The van der Waals surface area contributed by atoms with Crippen LogP contribution in [0.25, 0.3) is 11.1 Å². The fraction of sp³-hybridized carbons (Fsp3) is 0.467. The molecule has 0 spiro atoms. The topological polar surface area (TPSA) is 136 Å². The van der Waals surface area contributed by atoms with Crippen LogP contribution in [0, 0.1) is 11.8 Å². The molecule has 204 valence electrons. The van der Waals surface area contributed by atoms with Crippen molar-refractivity contribution in [3.05, 3.63) is 59.7 Å². The molecule has 1 saturated carbocycles. The van der Waals surface area contributed by atoms with Gasteiger partial charge >= 0.3 is 0 Å². The number of piperidine rings is 2. The molecule has 2 aliphatic carbocycles. The van der Waals surface area contributed by atoms with E-state index in [1.807, 2.05) is 24.3 Å². The summed E-state index contributed by atoms with van der Waals surface area (Å²) < 4.78 is 0. The van der Waals surface area contributed by atoms with E-state index in [2.05, 4.69) is 10.6 Å². The van der Waals surface area contributed by atoms with Gasteiger partial charge in [0.25, 0.3) is 5.91 Å². The standard InChI is InChI=1S/C30H33N3O6/c34-16-25(35)24(15-18-13-14-31-27(18)36)32-28(37)26-17-9-11-19(12-10-17)33(26)29(38)30(39)22-7-3-1-5-20(22)21-6-2-4-8-23(21)30/h1-8,17-19,24,26,34,39H,9-16H2,(H,31,36)(H,32,37)/t17?,18-,19?,24?,26-/m0/s1. The fourth-order valence-corrected chi connectivity index (χ4v) is 7.20. The molecular formula is C30H33N3O6. The Balaban J connectivity index is 1.33. The minimum Gasteiger partial charge on any atom is -0.389 e. The minimum absolute atomic E-state index is 0.0937. The molecule has 4 fully saturated rings. The molecule has 1 unspecified atom stereocenters. The maximum atomic E-state index is 14.5. The van der Waals surface area contributed by atoms with Gasteiger partial charge in [0, 0.05) is 29.6 Å². The number of Topliss-reactive ketones (excluding diaryl/α,β-unsaturated/α-hetero) is 1. The van der Waals surface area contributed by atoms with E-state index in [4.69, 9.17) is 0 Å². The molecule has 39 heavy (non-hydrogen) atoms. The zero-order valence-electron chi connectivity index (χ0n) is 21.6. The second kappa shape index (κ2) is 9.88. The Hall–Kier alpha value is -3.56. The lowest BCUT2D eigenvalue weighted by Crippen LogP contribution is -2.66. The number of hydrogen-bond acceptors (Lipinski definition) is 6. The Morgan fingerprint density at radius 3 is 2.15 bits per heavy atom. The summed E-state index contributed by atoms with van der Waals surface area (Å²) >= 11 is 0. The van der Waals surface area contributed by atoms with Crippen LogP contribution >= 0.6 is 0 Å². The highest BCUT2D eigenvalue weighted by atomic mass is 16.3. The number of benzene rings is 2. The highest BCUT2D eigenvalue weighted by molar-refractivity contribution is 6.01. The molecule has 9 heteroatoms. The average molecular weight is 532 g/mol. The molecular weight excluding hydrogens is 498 g/mol. The van der Waals surface area contributed by atoms with Gasteiger partial charge in [-0.2, -0.15) is 0 Å². The number of carbonyl (C=O) groups is 4. The first kappa shape index (κ1) is 25.7. The number of amides is 3. The van der Waals surface area contributed by atoms with Crippen molar-refractivity contribution in [1.29, 1.82) is 0 Å². The van der Waals surface area contributed by atoms with Crippen LogP contribution in [-0.4, -0.2) is 69.9 Å². The van der Waals surface area contributed by atoms with Crippen LogP contribution in [0.5, 0.6) is 0 Å². The predicted octanol–water partition coefficient (Wildman–Crippen LogP) is 1.24. The zero-order chi connectivity index (χ0) is 27.3. The molecule has 3 saturated heterocycles. The van der Waals surface area contributed by atoms with Gasteiger partial charge in [0.15, 0.2) is 11.4 Å². The lowest BCUT2D eigenvalue weighted by atomic mass is 9.73. The summed E-state index contributed by atoms with van der Waals surface area (Å²) in [6.45, 7) is -0.250. The number of nitrogens with one attached hydrogen (secondary N) is 2. The van der Waals surface area contributed by atoms with Crippen molar-refractivity contribution >= 4 is 23.5 Å². The zero-order valence-corrected chi connectivity index (χ0v) is 21.6. The second-order valence-corrected chi connectivity index (χ2v) is 11.2. The summed E-state index contributed by atoms with van der Waals surface area (Å²) in [5.41, 5.74) is 0.631. The molecule has 5 aliphatic rings. The van der Waals surface area contributed by atoms with Crippen molar-refractivity contribution in [2.24, 2.45) is 11.8 Å². The summed E-state index contributed by atoms with van der Waals surface area (Å²) in [7, 11) is 0. The minimum atomic E-state index is -1.94. The van der Waals surface area contributed by atoms with Crippen LogP contribution in [-0.2, 0) is 24.8 Å². The van der Waals surface area contributed by atoms with E-state index < -0.39 is 47.8 Å². The van der Waals surface area contributed by atoms with Crippen LogP contribution in [0.2, 0.25) is 0 Å². The third-order valence-corrected chi connectivity index (χ3v) is 9.16. The van der Waals surface area contributed by atoms with Crippen molar-refractivity contribution in [2.45, 2.75) is 62.3 Å². The van der Waals surface area contributed by atoms with Gasteiger partial charge in [0.05, 0.1) is 6.04 Å². The maximum absolute atomic E-state index is 14.5. The summed E-state index contributed by atoms with van der Waals surface area (Å²) in [6.07, 6.45) is 3.65. The van der Waals surface area contributed by atoms with Crippen LogP contribution in [0.3, 0.4) is 0 Å². The van der Waals surface area contributed by atoms with E-state index in [0.29, 0.717) is 24.1 Å². The van der Waals surface area contributed by atoms with Crippen LogP contribution in [0.4, 0.5) is 0 Å². The van der Waals surface area contributed by atoms with Crippen LogP contribution in [0.15, 0.2) is 48.5 Å². The van der Waals surface area contributed by atoms with E-state index in [1.54, 1.807) is 29.2 Å². The number of nitrogens with zero attached hydrogens (tertiary/aromatic N) is 1.